The SMILES string of the molecule is CC.CC(C)(C)Nc1cc(COP(=O)(O)OC(C)(C)C)ccc1OC1OC(C(=O)O)C(O)C(O)C1O.CC(C)(C)Nc1ccc(COC(C)(C)C)cc1.CC1C(Oc2ccc(COC(C)(C)C)cc2NC(C)(C)C)OC(C(=O)O)C(O)C1O.CC1C(Oc2ccc(COC(C)(C)C)cc2NC(C)(C)C)OC(CO)C(O)C1O. The first-order chi connectivity index (χ1) is 51.0. The van der Waals surface area contributed by atoms with Crippen molar-refractivity contribution in [3.8, 4) is 17.2 Å². The van der Waals surface area contributed by atoms with E-state index in [-0.39, 0.29) is 45.8 Å². The second-order valence-corrected chi connectivity index (χ2v) is 37.5. The van der Waals surface area contributed by atoms with Crippen molar-refractivity contribution in [3.05, 3.63) is 101 Å². The molecule has 3 aliphatic heterocycles. The van der Waals surface area contributed by atoms with Crippen molar-refractivity contribution in [2.75, 3.05) is 27.9 Å². The Kier molecular flexibility index (Phi) is 37.3. The number of phosphoric acid groups is 1. The number of hydrogen-bond acceptors (Lipinski definition) is 26. The number of hydrogen-bond donors (Lipinski definition) is 15. The molecule has 4 aromatic rings. The summed E-state index contributed by atoms with van der Waals surface area (Å²) in [4.78, 5) is 32.6. The molecule has 640 valence electrons. The van der Waals surface area contributed by atoms with Gasteiger partial charge in [0.15, 0.2) is 12.2 Å². The average molecular weight is 1610 g/mol. The lowest BCUT2D eigenvalue weighted by Gasteiger charge is -2.41. The summed E-state index contributed by atoms with van der Waals surface area (Å²) in [5.41, 5.74) is 4.31. The highest BCUT2D eigenvalue weighted by Gasteiger charge is 2.50. The molecule has 112 heavy (non-hydrogen) atoms. The van der Waals surface area contributed by atoms with Gasteiger partial charge in [-0.1, -0.05) is 58.0 Å². The topological polar surface area (TPSA) is 423 Å². The molecule has 3 fully saturated rings. The zero-order chi connectivity index (χ0) is 86.0. The Balaban J connectivity index is 0.000000392. The highest BCUT2D eigenvalue weighted by molar-refractivity contribution is 7.47. The number of rotatable bonds is 23. The van der Waals surface area contributed by atoms with Gasteiger partial charge in [-0.05, 0) is 237 Å². The zero-order valence-corrected chi connectivity index (χ0v) is 72.2. The normalized spacial score (nSPS) is 25.1. The number of carbonyl (C=O) groups is 2. The number of anilines is 4. The summed E-state index contributed by atoms with van der Waals surface area (Å²) in [5.74, 6) is -2.84. The molecule has 7 rings (SSSR count). The summed E-state index contributed by atoms with van der Waals surface area (Å²) in [6, 6.07) is 24.3. The van der Waals surface area contributed by atoms with Gasteiger partial charge in [-0.25, -0.2) is 14.2 Å². The fourth-order valence-electron chi connectivity index (χ4n) is 10.6. The van der Waals surface area contributed by atoms with Crippen LogP contribution in [0.25, 0.3) is 0 Å². The number of carboxylic acids is 2. The van der Waals surface area contributed by atoms with Gasteiger partial charge in [0.2, 0.25) is 18.9 Å². The molecule has 30 heteroatoms. The van der Waals surface area contributed by atoms with Crippen LogP contribution in [0, 0.1) is 11.8 Å². The number of benzene rings is 4. The molecule has 0 aliphatic carbocycles. The van der Waals surface area contributed by atoms with Crippen LogP contribution in [0.3, 0.4) is 0 Å². The van der Waals surface area contributed by atoms with Crippen LogP contribution in [-0.4, -0.2) is 199 Å². The second-order valence-electron chi connectivity index (χ2n) is 36.1. The Hall–Kier alpha value is -6.03. The Bertz CT molecular complexity index is 3570. The van der Waals surface area contributed by atoms with Gasteiger partial charge in [0.25, 0.3) is 0 Å². The summed E-state index contributed by atoms with van der Waals surface area (Å²) in [5, 5.41) is 112. The lowest BCUT2D eigenvalue weighted by atomic mass is 9.92. The lowest BCUT2D eigenvalue weighted by Crippen LogP contribution is -2.61. The fraction of sp³-hybridized carbons (Fsp3) is 0.683. The van der Waals surface area contributed by atoms with E-state index in [1.54, 1.807) is 46.8 Å². The fourth-order valence-corrected chi connectivity index (χ4v) is 11.6. The van der Waals surface area contributed by atoms with Crippen molar-refractivity contribution in [2.24, 2.45) is 11.8 Å². The maximum absolute atomic E-state index is 12.2. The molecular formula is C82H137N4O25P. The van der Waals surface area contributed by atoms with Crippen molar-refractivity contribution in [1.82, 2.24) is 0 Å². The van der Waals surface area contributed by atoms with E-state index in [2.05, 4.69) is 108 Å². The van der Waals surface area contributed by atoms with Crippen molar-refractivity contribution < 1.29 is 122 Å². The molecule has 4 aromatic carbocycles. The number of aliphatic hydroxyl groups is 8. The van der Waals surface area contributed by atoms with Crippen molar-refractivity contribution >= 4 is 42.5 Å². The monoisotopic (exact) mass is 1610 g/mol. The molecule has 16 unspecified atom stereocenters. The molecular weight excluding hydrogens is 1470 g/mol. The second kappa shape index (κ2) is 41.7. The quantitative estimate of drug-likeness (QED) is 0.0307. The van der Waals surface area contributed by atoms with E-state index in [0.717, 1.165) is 22.5 Å². The highest BCUT2D eigenvalue weighted by Crippen LogP contribution is 2.48. The van der Waals surface area contributed by atoms with Crippen LogP contribution < -0.4 is 35.5 Å². The van der Waals surface area contributed by atoms with Crippen molar-refractivity contribution in [3.63, 3.8) is 0 Å². The molecule has 0 bridgehead atoms. The molecule has 0 aromatic heterocycles. The average Bonchev–Trinajstić information content (AvgIpc) is 0.801. The molecule has 3 heterocycles. The standard InChI is InChI=1S/C22H35NO7.C22H37NO6.C21H34NO11P.C15H25NO.C2H6/c1-12-16(24)17(25)18(19(26)27)30-20(12)29-15-9-8-13(11-28-22(5,6)7)10-14(15)23-21(2,3)4;1-13-18(25)19(26)17(11-24)29-20(13)28-16-9-8-14(12-27-22(5,6)7)10-15(16)23-21(2,3)4;1-20(2,3)22-12-9-11(10-30-34(28,29)33-21(4,5)6)7-8-13(12)31-19-16(25)14(23)15(24)17(32-19)18(26)27;1-14(2,3)16-13-9-7-12(8-10-13)11-17-15(4,5)6;1-2/h8-10,12,16-18,20,23-25H,11H2,1-7H3,(H,26,27);8-10,13,17-20,23-26H,11-12H2,1-7H3;7-9,14-17,19,22-25H,10H2,1-6H3,(H,26,27)(H,28,29);7-10,16H,11H2,1-6H3;1-2H3. The van der Waals surface area contributed by atoms with Crippen LogP contribution in [0.15, 0.2) is 78.9 Å². The van der Waals surface area contributed by atoms with Gasteiger partial charge in [0.1, 0.15) is 53.9 Å². The zero-order valence-electron chi connectivity index (χ0n) is 71.3. The number of ether oxygens (including phenoxy) is 9. The van der Waals surface area contributed by atoms with Crippen molar-refractivity contribution in [1.29, 1.82) is 0 Å². The minimum absolute atomic E-state index is 0.0810. The van der Waals surface area contributed by atoms with E-state index >= 15 is 0 Å². The Morgan fingerprint density at radius 3 is 1.05 bits per heavy atom. The predicted molar refractivity (Wildman–Crippen MR) is 430 cm³/mol. The van der Waals surface area contributed by atoms with Crippen LogP contribution >= 0.6 is 7.82 Å². The molecule has 29 nitrogen and oxygen atoms in total. The molecule has 3 saturated heterocycles. The summed E-state index contributed by atoms with van der Waals surface area (Å²) in [6.45, 7) is 55.6. The molecule has 0 radical (unpaired) electrons. The number of aliphatic carboxylic acids is 2. The van der Waals surface area contributed by atoms with Gasteiger partial charge in [0.05, 0.1) is 84.7 Å². The Morgan fingerprint density at radius 2 is 0.714 bits per heavy atom. The van der Waals surface area contributed by atoms with Crippen LogP contribution in [0.2, 0.25) is 0 Å². The van der Waals surface area contributed by atoms with E-state index < -0.39 is 129 Å². The molecule has 0 amide bonds. The van der Waals surface area contributed by atoms with Gasteiger partial charge >= 0.3 is 19.8 Å². The minimum Gasteiger partial charge on any atom is -0.479 e. The summed E-state index contributed by atoms with van der Waals surface area (Å²) in [6.07, 6.45) is -18.1. The first-order valence-electron chi connectivity index (χ1n) is 38.0. The maximum atomic E-state index is 12.2. The first-order valence-corrected chi connectivity index (χ1v) is 39.5. The molecule has 3 aliphatic rings. The van der Waals surface area contributed by atoms with Crippen molar-refractivity contribution in [2.45, 2.75) is 345 Å². The number of phosphoric ester groups is 1. The highest BCUT2D eigenvalue weighted by atomic mass is 31.2. The summed E-state index contributed by atoms with van der Waals surface area (Å²) < 4.78 is 73.9. The number of nitrogens with one attached hydrogen (secondary N) is 4. The van der Waals surface area contributed by atoms with E-state index in [4.69, 9.17) is 51.7 Å². The van der Waals surface area contributed by atoms with Crippen LogP contribution in [0.1, 0.15) is 216 Å². The third-order valence-corrected chi connectivity index (χ3v) is 17.0. The largest absolute Gasteiger partial charge is 0.479 e. The van der Waals surface area contributed by atoms with Gasteiger partial charge in [-0.15, -0.1) is 0 Å². The van der Waals surface area contributed by atoms with Gasteiger partial charge < -0.3 is 120 Å². The van der Waals surface area contributed by atoms with Gasteiger partial charge in [0, 0.05) is 39.7 Å². The third kappa shape index (κ3) is 36.0. The molecule has 0 saturated carbocycles. The molecule has 0 spiro atoms. The minimum atomic E-state index is -4.33. The Morgan fingerprint density at radius 1 is 0.402 bits per heavy atom. The maximum Gasteiger partial charge on any atom is 0.473 e. The Labute approximate surface area is 664 Å². The molecule has 16 atom stereocenters. The van der Waals surface area contributed by atoms with E-state index in [0.29, 0.717) is 48.3 Å². The number of carboxylic acid groups (broad SMARTS) is 2. The summed E-state index contributed by atoms with van der Waals surface area (Å²) in [7, 11) is -4.33. The summed E-state index contributed by atoms with van der Waals surface area (Å²) >= 11 is 0. The van der Waals surface area contributed by atoms with Crippen LogP contribution in [0.4, 0.5) is 22.7 Å². The van der Waals surface area contributed by atoms with Crippen LogP contribution in [-0.2, 0) is 78.1 Å². The van der Waals surface area contributed by atoms with Gasteiger partial charge in [-0.3, -0.25) is 9.05 Å². The third-order valence-electron chi connectivity index (χ3n) is 15.8. The van der Waals surface area contributed by atoms with E-state index in [1.165, 1.54) is 17.7 Å². The number of aliphatic hydroxyl groups excluding tert-OH is 8. The first kappa shape index (κ1) is 100. The lowest BCUT2D eigenvalue weighted by molar-refractivity contribution is -0.271. The van der Waals surface area contributed by atoms with E-state index in [9.17, 15) is 70.1 Å². The smallest absolute Gasteiger partial charge is 0.473 e. The predicted octanol–water partition coefficient (Wildman–Crippen LogP) is 12.3. The van der Waals surface area contributed by atoms with Gasteiger partial charge in [-0.2, -0.15) is 0 Å². The van der Waals surface area contributed by atoms with E-state index in [1.807, 2.05) is 127 Å². The van der Waals surface area contributed by atoms with Crippen LogP contribution in [0.5, 0.6) is 17.2 Å². The molecule has 15 N–H and O–H groups in total.